The molecule has 108 valence electrons. The summed E-state index contributed by atoms with van der Waals surface area (Å²) in [6, 6.07) is 3.47. The molecule has 1 unspecified atom stereocenters. The zero-order valence-corrected chi connectivity index (χ0v) is 12.4. The first kappa shape index (κ1) is 14.5. The molecular formula is C13H17N3O3S. The predicted molar refractivity (Wildman–Crippen MR) is 77.0 cm³/mol. The van der Waals surface area contributed by atoms with Crippen molar-refractivity contribution in [2.24, 2.45) is 0 Å². The Kier molecular flexibility index (Phi) is 4.10. The fourth-order valence-corrected chi connectivity index (χ4v) is 2.33. The molecule has 0 aliphatic carbocycles. The van der Waals surface area contributed by atoms with E-state index in [2.05, 4.69) is 15.6 Å². The van der Waals surface area contributed by atoms with Crippen LogP contribution in [0.1, 0.15) is 28.1 Å². The molecule has 0 fully saturated rings. The number of aliphatic hydroxyl groups is 1. The third-order valence-electron chi connectivity index (χ3n) is 2.81. The minimum Gasteiger partial charge on any atom is -0.463 e. The molecule has 2 heterocycles. The van der Waals surface area contributed by atoms with Crippen molar-refractivity contribution in [3.63, 3.8) is 0 Å². The van der Waals surface area contributed by atoms with Gasteiger partial charge in [0.05, 0.1) is 12.7 Å². The first-order chi connectivity index (χ1) is 9.42. The number of nitrogens with zero attached hydrogens (tertiary/aromatic N) is 1. The topological polar surface area (TPSA) is 87.4 Å². The summed E-state index contributed by atoms with van der Waals surface area (Å²) < 4.78 is 5.39. The Morgan fingerprint density at radius 1 is 1.55 bits per heavy atom. The fourth-order valence-electron chi connectivity index (χ4n) is 1.65. The Balaban J connectivity index is 1.98. The van der Waals surface area contributed by atoms with Crippen molar-refractivity contribution in [2.45, 2.75) is 19.4 Å². The molecule has 1 atom stereocenters. The molecule has 6 nitrogen and oxygen atoms in total. The molecule has 0 aromatic carbocycles. The molecular weight excluding hydrogens is 278 g/mol. The maximum atomic E-state index is 11.9. The molecule has 0 aliphatic rings. The van der Waals surface area contributed by atoms with Crippen molar-refractivity contribution in [2.75, 3.05) is 18.9 Å². The number of aryl methyl sites for hydroxylation is 1. The lowest BCUT2D eigenvalue weighted by Crippen LogP contribution is -2.38. The van der Waals surface area contributed by atoms with E-state index in [1.54, 1.807) is 33.0 Å². The van der Waals surface area contributed by atoms with Gasteiger partial charge in [0.1, 0.15) is 22.0 Å². The van der Waals surface area contributed by atoms with Gasteiger partial charge in [0, 0.05) is 7.05 Å². The minimum atomic E-state index is -1.25. The lowest BCUT2D eigenvalue weighted by Gasteiger charge is -2.20. The number of carbonyl (C=O) groups excluding carboxylic acids is 1. The van der Waals surface area contributed by atoms with Crippen LogP contribution in [0.3, 0.4) is 0 Å². The molecule has 2 aromatic rings. The van der Waals surface area contributed by atoms with Crippen molar-refractivity contribution in [1.29, 1.82) is 0 Å². The smallest absolute Gasteiger partial charge is 0.263 e. The Bertz CT molecular complexity index is 604. The second-order valence-corrected chi connectivity index (χ2v) is 5.68. The van der Waals surface area contributed by atoms with Gasteiger partial charge in [-0.1, -0.05) is 11.3 Å². The number of aromatic nitrogens is 1. The van der Waals surface area contributed by atoms with Gasteiger partial charge in [-0.2, -0.15) is 0 Å². The van der Waals surface area contributed by atoms with E-state index < -0.39 is 5.60 Å². The minimum absolute atomic E-state index is 0.0611. The van der Waals surface area contributed by atoms with Crippen molar-refractivity contribution in [3.8, 4) is 0 Å². The summed E-state index contributed by atoms with van der Waals surface area (Å²) in [5, 5.41) is 16.5. The first-order valence-electron chi connectivity index (χ1n) is 6.13. The van der Waals surface area contributed by atoms with E-state index in [1.165, 1.54) is 17.5 Å². The Hall–Kier alpha value is -1.86. The molecule has 0 spiro atoms. The summed E-state index contributed by atoms with van der Waals surface area (Å²) in [4.78, 5) is 16.5. The number of carbonyl (C=O) groups is 1. The van der Waals surface area contributed by atoms with Crippen LogP contribution in [0.5, 0.6) is 0 Å². The van der Waals surface area contributed by atoms with Gasteiger partial charge in [0.15, 0.2) is 5.13 Å². The highest BCUT2D eigenvalue weighted by molar-refractivity contribution is 7.17. The third kappa shape index (κ3) is 3.17. The molecule has 0 radical (unpaired) electrons. The van der Waals surface area contributed by atoms with Gasteiger partial charge in [0.2, 0.25) is 0 Å². The summed E-state index contributed by atoms with van der Waals surface area (Å²) in [5.41, 5.74) is -1.25. The predicted octanol–water partition coefficient (Wildman–Crippen LogP) is 1.72. The number of anilines is 1. The maximum Gasteiger partial charge on any atom is 0.263 e. The van der Waals surface area contributed by atoms with E-state index in [1.807, 2.05) is 0 Å². The van der Waals surface area contributed by atoms with E-state index in [-0.39, 0.29) is 12.5 Å². The highest BCUT2D eigenvalue weighted by Gasteiger charge is 2.27. The largest absolute Gasteiger partial charge is 0.463 e. The Labute approximate surface area is 120 Å². The highest BCUT2D eigenvalue weighted by atomic mass is 32.1. The van der Waals surface area contributed by atoms with E-state index >= 15 is 0 Å². The van der Waals surface area contributed by atoms with E-state index in [0.29, 0.717) is 21.5 Å². The molecule has 1 amide bonds. The number of rotatable bonds is 5. The van der Waals surface area contributed by atoms with E-state index in [0.717, 1.165) is 0 Å². The van der Waals surface area contributed by atoms with Gasteiger partial charge in [0.25, 0.3) is 5.91 Å². The number of nitrogens with one attached hydrogen (secondary N) is 2. The van der Waals surface area contributed by atoms with Crippen LogP contribution < -0.4 is 10.6 Å². The summed E-state index contributed by atoms with van der Waals surface area (Å²) in [7, 11) is 1.74. The molecule has 0 aliphatic heterocycles. The van der Waals surface area contributed by atoms with Gasteiger partial charge >= 0.3 is 0 Å². The van der Waals surface area contributed by atoms with Gasteiger partial charge < -0.3 is 20.2 Å². The molecule has 0 saturated carbocycles. The third-order valence-corrected chi connectivity index (χ3v) is 3.82. The first-order valence-corrected chi connectivity index (χ1v) is 6.95. The average Bonchev–Trinajstić information content (AvgIpc) is 3.04. The van der Waals surface area contributed by atoms with E-state index in [9.17, 15) is 9.90 Å². The van der Waals surface area contributed by atoms with Gasteiger partial charge in [-0.3, -0.25) is 4.79 Å². The Morgan fingerprint density at radius 3 is 2.85 bits per heavy atom. The highest BCUT2D eigenvalue weighted by Crippen LogP contribution is 2.22. The summed E-state index contributed by atoms with van der Waals surface area (Å²) >= 11 is 1.25. The van der Waals surface area contributed by atoms with Crippen LogP contribution in [0.2, 0.25) is 0 Å². The number of hydrogen-bond acceptors (Lipinski definition) is 6. The van der Waals surface area contributed by atoms with Gasteiger partial charge in [-0.15, -0.1) is 0 Å². The maximum absolute atomic E-state index is 11.9. The van der Waals surface area contributed by atoms with Crippen molar-refractivity contribution in [1.82, 2.24) is 10.3 Å². The fraction of sp³-hybridized carbons (Fsp3) is 0.385. The summed E-state index contributed by atoms with van der Waals surface area (Å²) in [6.07, 6.45) is 1.50. The molecule has 20 heavy (non-hydrogen) atoms. The van der Waals surface area contributed by atoms with Crippen LogP contribution in [0.4, 0.5) is 5.13 Å². The van der Waals surface area contributed by atoms with Crippen LogP contribution in [0, 0.1) is 6.92 Å². The molecule has 0 saturated heterocycles. The zero-order valence-electron chi connectivity index (χ0n) is 11.6. The van der Waals surface area contributed by atoms with Crippen LogP contribution in [0.15, 0.2) is 22.7 Å². The molecule has 2 aromatic heterocycles. The monoisotopic (exact) mass is 295 g/mol. The van der Waals surface area contributed by atoms with E-state index in [4.69, 9.17) is 4.42 Å². The number of furan rings is 1. The van der Waals surface area contributed by atoms with Crippen LogP contribution >= 0.6 is 11.3 Å². The van der Waals surface area contributed by atoms with Crippen molar-refractivity contribution >= 4 is 22.4 Å². The molecule has 7 heteroatoms. The average molecular weight is 295 g/mol. The second kappa shape index (κ2) is 5.64. The second-order valence-electron chi connectivity index (χ2n) is 4.65. The number of hydrogen-bond donors (Lipinski definition) is 3. The van der Waals surface area contributed by atoms with Gasteiger partial charge in [-0.05, 0) is 26.0 Å². The number of amides is 1. The lowest BCUT2D eigenvalue weighted by molar-refractivity contribution is 0.0324. The van der Waals surface area contributed by atoms with Crippen LogP contribution in [-0.2, 0) is 5.60 Å². The summed E-state index contributed by atoms with van der Waals surface area (Å²) in [5.74, 6) is 0.871. The standard InChI is InChI=1S/C13H17N3O3S/c1-8-4-5-10(19-8)13(2,18)7-16-11(17)9-6-15-12(14-3)20-9/h4-6,18H,7H2,1-3H3,(H,14,15)(H,16,17). The quantitative estimate of drug-likeness (QED) is 0.782. The van der Waals surface area contributed by atoms with Crippen molar-refractivity contribution in [3.05, 3.63) is 34.7 Å². The number of thiazole rings is 1. The Morgan fingerprint density at radius 2 is 2.30 bits per heavy atom. The zero-order chi connectivity index (χ0) is 14.8. The van der Waals surface area contributed by atoms with Crippen molar-refractivity contribution < 1.29 is 14.3 Å². The normalized spacial score (nSPS) is 13.8. The molecule has 2 rings (SSSR count). The summed E-state index contributed by atoms with van der Waals surface area (Å²) in [6.45, 7) is 3.46. The molecule has 0 bridgehead atoms. The SMILES string of the molecule is CNc1ncc(C(=O)NCC(C)(O)c2ccc(C)o2)s1. The van der Waals surface area contributed by atoms with Crippen LogP contribution in [-0.4, -0.2) is 29.6 Å². The van der Waals surface area contributed by atoms with Crippen LogP contribution in [0.25, 0.3) is 0 Å². The lowest BCUT2D eigenvalue weighted by atomic mass is 10.0. The van der Waals surface area contributed by atoms with Gasteiger partial charge in [-0.25, -0.2) is 4.98 Å². The molecule has 3 N–H and O–H groups in total.